The number of Topliss-reactive ketones (excluding diaryl/α,β-unsaturated/α-hetero) is 1. The average molecular weight is 360 g/mol. The Morgan fingerprint density at radius 1 is 1.19 bits per heavy atom. The predicted octanol–water partition coefficient (Wildman–Crippen LogP) is 3.50. The molecule has 3 fully saturated rings. The largest absolute Gasteiger partial charge is 0.459 e. The Morgan fingerprint density at radius 3 is 2.58 bits per heavy atom. The summed E-state index contributed by atoms with van der Waals surface area (Å²) in [4.78, 5) is 36.2. The Hall–Kier alpha value is -1.78. The van der Waals surface area contributed by atoms with E-state index in [9.17, 15) is 14.4 Å². The van der Waals surface area contributed by atoms with Crippen LogP contribution >= 0.6 is 0 Å². The minimum atomic E-state index is -1.81. The molecule has 0 saturated heterocycles. The van der Waals surface area contributed by atoms with Crippen LogP contribution in [0.2, 0.25) is 0 Å². The molecular weight excluding hydrogens is 335 g/mol. The molecule has 6 atom stereocenters. The predicted molar refractivity (Wildman–Crippen MR) is 92.9 cm³/mol. The normalized spacial score (nSPS) is 46.9. The Balaban J connectivity index is 1.87. The zero-order valence-electron chi connectivity index (χ0n) is 15.5. The van der Waals surface area contributed by atoms with Gasteiger partial charge >= 0.3 is 5.97 Å². The molecular formula is C21H25FO4. The molecule has 0 aromatic carbocycles. The molecule has 0 bridgehead atoms. The summed E-state index contributed by atoms with van der Waals surface area (Å²) < 4.78 is 22.5. The first-order valence-electron chi connectivity index (χ1n) is 9.46. The first-order valence-corrected chi connectivity index (χ1v) is 9.46. The lowest BCUT2D eigenvalue weighted by Crippen LogP contribution is -2.67. The fourth-order valence-corrected chi connectivity index (χ4v) is 6.27. The van der Waals surface area contributed by atoms with Gasteiger partial charge in [0.15, 0.2) is 11.5 Å². The molecule has 0 heterocycles. The molecule has 0 radical (unpaired) electrons. The molecule has 0 aliphatic heterocycles. The van der Waals surface area contributed by atoms with Crippen LogP contribution in [0.4, 0.5) is 4.39 Å². The van der Waals surface area contributed by atoms with Crippen LogP contribution in [-0.2, 0) is 19.1 Å². The smallest absolute Gasteiger partial charge is 0.303 e. The second-order valence-corrected chi connectivity index (χ2v) is 8.81. The second kappa shape index (κ2) is 5.37. The second-order valence-electron chi connectivity index (χ2n) is 8.81. The van der Waals surface area contributed by atoms with Crippen LogP contribution in [-0.4, -0.2) is 29.3 Å². The van der Waals surface area contributed by atoms with Crippen LogP contribution in [0.1, 0.15) is 52.9 Å². The van der Waals surface area contributed by atoms with E-state index >= 15 is 4.39 Å². The van der Waals surface area contributed by atoms with E-state index in [1.165, 1.54) is 19.1 Å². The number of alkyl halides is 1. The third kappa shape index (κ3) is 2.03. The lowest BCUT2D eigenvalue weighted by atomic mass is 9.46. The van der Waals surface area contributed by atoms with E-state index in [-0.39, 0.29) is 29.8 Å². The number of ketones is 2. The van der Waals surface area contributed by atoms with Crippen molar-refractivity contribution in [2.75, 3.05) is 0 Å². The molecule has 4 nitrogen and oxygen atoms in total. The van der Waals surface area contributed by atoms with Gasteiger partial charge in [0, 0.05) is 36.5 Å². The van der Waals surface area contributed by atoms with Gasteiger partial charge in [-0.1, -0.05) is 18.6 Å². The zero-order valence-corrected chi connectivity index (χ0v) is 15.5. The number of hydrogen-bond acceptors (Lipinski definition) is 4. The number of hydrogen-bond donors (Lipinski definition) is 0. The molecule has 0 amide bonds. The van der Waals surface area contributed by atoms with Gasteiger partial charge in [-0.3, -0.25) is 14.4 Å². The van der Waals surface area contributed by atoms with Gasteiger partial charge in [0.05, 0.1) is 0 Å². The average Bonchev–Trinajstić information content (AvgIpc) is 2.84. The summed E-state index contributed by atoms with van der Waals surface area (Å²) >= 11 is 0. The van der Waals surface area contributed by atoms with E-state index < -0.39 is 28.6 Å². The number of allylic oxidation sites excluding steroid dienone is 4. The maximum atomic E-state index is 17.0. The van der Waals surface area contributed by atoms with Crippen molar-refractivity contribution in [3.63, 3.8) is 0 Å². The van der Waals surface area contributed by atoms with Crippen LogP contribution < -0.4 is 0 Å². The van der Waals surface area contributed by atoms with Crippen molar-refractivity contribution in [2.45, 2.75) is 64.6 Å². The molecule has 5 heteroatoms. The highest BCUT2D eigenvalue weighted by Crippen LogP contribution is 2.67. The van der Waals surface area contributed by atoms with Gasteiger partial charge in [-0.05, 0) is 44.3 Å². The molecule has 4 aliphatic rings. The van der Waals surface area contributed by atoms with E-state index in [1.54, 1.807) is 6.08 Å². The molecule has 0 spiro atoms. The number of carbonyl (C=O) groups excluding carboxylic acids is 3. The van der Waals surface area contributed by atoms with Crippen molar-refractivity contribution in [1.82, 2.24) is 0 Å². The number of fused-ring (bicyclic) bond motifs is 5. The van der Waals surface area contributed by atoms with Gasteiger partial charge in [-0.2, -0.15) is 0 Å². The maximum Gasteiger partial charge on any atom is 0.303 e. The van der Waals surface area contributed by atoms with Gasteiger partial charge in [0.25, 0.3) is 0 Å². The number of halogens is 1. The number of esters is 1. The Labute approximate surface area is 152 Å². The summed E-state index contributed by atoms with van der Waals surface area (Å²) in [6, 6.07) is 0. The third-order valence-corrected chi connectivity index (χ3v) is 7.63. The highest BCUT2D eigenvalue weighted by molar-refractivity contribution is 6.01. The molecule has 0 aromatic rings. The number of rotatable bonds is 1. The topological polar surface area (TPSA) is 60.4 Å². The lowest BCUT2D eigenvalue weighted by molar-refractivity contribution is -0.208. The third-order valence-electron chi connectivity index (χ3n) is 7.63. The van der Waals surface area contributed by atoms with Crippen LogP contribution in [0.15, 0.2) is 23.8 Å². The van der Waals surface area contributed by atoms with E-state index in [2.05, 4.69) is 0 Å². The SMILES string of the molecule is CC(=O)O[C@H]1C[C@]2(C)C(=O)CC[C@H]2[C@@H]2CCC3=CC(=O)C=C[C@]3(C)C12F. The van der Waals surface area contributed by atoms with Crippen LogP contribution in [0.25, 0.3) is 0 Å². The summed E-state index contributed by atoms with van der Waals surface area (Å²) in [5.41, 5.74) is -2.66. The fourth-order valence-electron chi connectivity index (χ4n) is 6.27. The first kappa shape index (κ1) is 17.6. The van der Waals surface area contributed by atoms with Crippen LogP contribution in [0.5, 0.6) is 0 Å². The number of ether oxygens (including phenoxy) is 1. The van der Waals surface area contributed by atoms with Gasteiger partial charge in [-0.25, -0.2) is 4.39 Å². The minimum absolute atomic E-state index is 0.0452. The highest BCUT2D eigenvalue weighted by Gasteiger charge is 2.71. The summed E-state index contributed by atoms with van der Waals surface area (Å²) in [5, 5.41) is 0. The Kier molecular flexibility index (Phi) is 3.64. The Morgan fingerprint density at radius 2 is 1.88 bits per heavy atom. The van der Waals surface area contributed by atoms with Crippen molar-refractivity contribution in [3.8, 4) is 0 Å². The van der Waals surface area contributed by atoms with E-state index in [1.807, 2.05) is 13.8 Å². The molecule has 1 unspecified atom stereocenters. The van der Waals surface area contributed by atoms with Gasteiger partial charge in [-0.15, -0.1) is 0 Å². The van der Waals surface area contributed by atoms with Crippen molar-refractivity contribution in [3.05, 3.63) is 23.8 Å². The summed E-state index contributed by atoms with van der Waals surface area (Å²) in [6.07, 6.45) is 6.22. The maximum absolute atomic E-state index is 17.0. The molecule has 4 rings (SSSR count). The van der Waals surface area contributed by atoms with Crippen molar-refractivity contribution in [1.29, 1.82) is 0 Å². The number of carbonyl (C=O) groups is 3. The van der Waals surface area contributed by atoms with E-state index in [0.29, 0.717) is 25.7 Å². The Bertz CT molecular complexity index is 768. The van der Waals surface area contributed by atoms with Crippen LogP contribution in [0.3, 0.4) is 0 Å². The summed E-state index contributed by atoms with van der Waals surface area (Å²) in [6.45, 7) is 5.01. The summed E-state index contributed by atoms with van der Waals surface area (Å²) in [5.74, 6) is -0.912. The summed E-state index contributed by atoms with van der Waals surface area (Å²) in [7, 11) is 0. The van der Waals surface area contributed by atoms with Gasteiger partial charge in [0.1, 0.15) is 11.9 Å². The molecule has 4 aliphatic carbocycles. The minimum Gasteiger partial charge on any atom is -0.459 e. The van der Waals surface area contributed by atoms with E-state index in [4.69, 9.17) is 4.74 Å². The van der Waals surface area contributed by atoms with Gasteiger partial charge < -0.3 is 4.74 Å². The van der Waals surface area contributed by atoms with Crippen molar-refractivity contribution < 1.29 is 23.5 Å². The van der Waals surface area contributed by atoms with Crippen LogP contribution in [0, 0.1) is 22.7 Å². The van der Waals surface area contributed by atoms with E-state index in [0.717, 1.165) is 5.57 Å². The molecule has 26 heavy (non-hydrogen) atoms. The van der Waals surface area contributed by atoms with Crippen molar-refractivity contribution >= 4 is 17.5 Å². The van der Waals surface area contributed by atoms with Gasteiger partial charge in [0.2, 0.25) is 0 Å². The molecule has 140 valence electrons. The molecule has 0 N–H and O–H groups in total. The highest BCUT2D eigenvalue weighted by atomic mass is 19.1. The lowest BCUT2D eigenvalue weighted by Gasteiger charge is -2.61. The molecule has 3 saturated carbocycles. The van der Waals surface area contributed by atoms with Crippen molar-refractivity contribution in [2.24, 2.45) is 22.7 Å². The zero-order chi connectivity index (χ0) is 18.9. The fraction of sp³-hybridized carbons (Fsp3) is 0.667. The monoisotopic (exact) mass is 360 g/mol. The quantitative estimate of drug-likeness (QED) is 0.672. The molecule has 0 aromatic heterocycles. The first-order chi connectivity index (χ1) is 12.1. The standard InChI is InChI=1S/C21H25FO4/c1-12(23)26-18-11-19(2)15(6-7-17(19)25)16-5-4-13-10-14(24)8-9-20(13,3)21(16,18)22/h8-10,15-16,18H,4-7,11H2,1-3H3/t15-,16-,18-,19-,20-,21?/m0/s1.